The minimum absolute atomic E-state index is 0.165. The van der Waals surface area contributed by atoms with E-state index < -0.39 is 17.9 Å². The van der Waals surface area contributed by atoms with E-state index >= 15 is 0 Å². The number of Topliss-reactive ketones (excluding diaryl/α,β-unsaturated/α-hetero) is 1. The Morgan fingerprint density at radius 1 is 1.16 bits per heavy atom. The lowest BCUT2D eigenvalue weighted by atomic mass is 10.1. The van der Waals surface area contributed by atoms with Crippen LogP contribution in [0.4, 0.5) is 5.13 Å². The molecule has 0 aromatic carbocycles. The standard InChI is InChI=1S/C7H6N2O2S.C6H10O3.C3H4N2S.2C2H6/c1-4-5(6(10)11)9-2-3-12-7(9)8-4;1-4(5(2)7)6(8)9-3;4-3-5-1-2-6-3;2*1-2/h2-3H,1H3,(H,10,11);4H,1-3H3;1-2H,(H2,4,5);2*1-2H3. The number of carbonyl (C=O) groups excluding carboxylic acids is 2. The van der Waals surface area contributed by atoms with Gasteiger partial charge in [-0.3, -0.25) is 14.0 Å². The molecule has 0 aliphatic heterocycles. The van der Waals surface area contributed by atoms with Crippen LogP contribution >= 0.6 is 22.7 Å². The molecule has 0 spiro atoms. The quantitative estimate of drug-likeness (QED) is 0.418. The molecule has 1 unspecified atom stereocenters. The van der Waals surface area contributed by atoms with Gasteiger partial charge in [0.25, 0.3) is 0 Å². The van der Waals surface area contributed by atoms with E-state index in [0.717, 1.165) is 4.96 Å². The fourth-order valence-electron chi connectivity index (χ4n) is 1.73. The van der Waals surface area contributed by atoms with Crippen molar-refractivity contribution in [3.63, 3.8) is 0 Å². The highest BCUT2D eigenvalue weighted by molar-refractivity contribution is 7.15. The number of aromatic carboxylic acids is 1. The van der Waals surface area contributed by atoms with Gasteiger partial charge in [-0.15, -0.1) is 22.7 Å². The van der Waals surface area contributed by atoms with E-state index in [4.69, 9.17) is 10.8 Å². The van der Waals surface area contributed by atoms with Gasteiger partial charge in [0.15, 0.2) is 15.8 Å². The molecular weight excluding hydrogens is 440 g/mol. The fraction of sp³-hybridized carbons (Fsp3) is 0.450. The van der Waals surface area contributed by atoms with Crippen molar-refractivity contribution < 1.29 is 24.2 Å². The van der Waals surface area contributed by atoms with Crippen molar-refractivity contribution in [1.29, 1.82) is 0 Å². The van der Waals surface area contributed by atoms with Gasteiger partial charge in [0, 0.05) is 23.2 Å². The Bertz CT molecular complexity index is 904. The van der Waals surface area contributed by atoms with E-state index in [1.807, 2.05) is 38.5 Å². The number of rotatable bonds is 3. The van der Waals surface area contributed by atoms with Gasteiger partial charge in [-0.05, 0) is 20.8 Å². The third-order valence-electron chi connectivity index (χ3n) is 3.25. The number of methoxy groups -OCH3 is 1. The third kappa shape index (κ3) is 10.7. The second-order valence-electron chi connectivity index (χ2n) is 5.13. The second-order valence-corrected chi connectivity index (χ2v) is 6.93. The number of anilines is 1. The molecule has 3 heterocycles. The third-order valence-corrected chi connectivity index (χ3v) is 4.62. The number of carbonyl (C=O) groups is 3. The molecule has 11 heteroatoms. The van der Waals surface area contributed by atoms with Crippen LogP contribution in [0.15, 0.2) is 23.2 Å². The number of nitrogens with two attached hydrogens (primary N) is 1. The maximum absolute atomic E-state index is 10.7. The molecule has 0 saturated carbocycles. The van der Waals surface area contributed by atoms with Crippen LogP contribution in [-0.4, -0.2) is 44.3 Å². The molecule has 3 aromatic rings. The maximum atomic E-state index is 10.7. The number of carboxylic acids is 1. The van der Waals surface area contributed by atoms with Crippen LogP contribution in [0.25, 0.3) is 4.96 Å². The lowest BCUT2D eigenvalue weighted by Crippen LogP contribution is -2.19. The van der Waals surface area contributed by atoms with Crippen LogP contribution in [0.5, 0.6) is 0 Å². The summed E-state index contributed by atoms with van der Waals surface area (Å²) in [5.74, 6) is -2.18. The second kappa shape index (κ2) is 16.9. The predicted octanol–water partition coefficient (Wildman–Crippen LogP) is 4.56. The summed E-state index contributed by atoms with van der Waals surface area (Å²) < 4.78 is 5.90. The van der Waals surface area contributed by atoms with Crippen molar-refractivity contribution in [1.82, 2.24) is 14.4 Å². The molecule has 0 radical (unpaired) electrons. The number of fused-ring (bicyclic) bond motifs is 1. The number of aryl methyl sites for hydroxylation is 1. The minimum Gasteiger partial charge on any atom is -0.477 e. The Balaban J connectivity index is 0. The van der Waals surface area contributed by atoms with Gasteiger partial charge in [0.1, 0.15) is 11.7 Å². The highest BCUT2D eigenvalue weighted by Gasteiger charge is 2.17. The number of imidazole rings is 1. The van der Waals surface area contributed by atoms with E-state index in [9.17, 15) is 14.4 Å². The Morgan fingerprint density at radius 3 is 2.06 bits per heavy atom. The van der Waals surface area contributed by atoms with Crippen LogP contribution < -0.4 is 5.73 Å². The lowest BCUT2D eigenvalue weighted by Gasteiger charge is -2.02. The molecule has 3 N–H and O–H groups in total. The Kier molecular flexibility index (Phi) is 16.6. The Morgan fingerprint density at radius 2 is 1.74 bits per heavy atom. The largest absolute Gasteiger partial charge is 0.477 e. The van der Waals surface area contributed by atoms with Gasteiger partial charge < -0.3 is 15.6 Å². The summed E-state index contributed by atoms with van der Waals surface area (Å²) in [6.45, 7) is 12.6. The zero-order valence-electron chi connectivity index (χ0n) is 19.2. The number of carboxylic acid groups (broad SMARTS) is 1. The number of nitrogens with zero attached hydrogens (tertiary/aromatic N) is 3. The van der Waals surface area contributed by atoms with E-state index in [1.165, 1.54) is 43.6 Å². The summed E-state index contributed by atoms with van der Waals surface area (Å²) in [6, 6.07) is 0. The van der Waals surface area contributed by atoms with Gasteiger partial charge >= 0.3 is 11.9 Å². The summed E-state index contributed by atoms with van der Waals surface area (Å²) in [5.41, 5.74) is 6.01. The number of hydrogen-bond acceptors (Lipinski definition) is 9. The summed E-state index contributed by atoms with van der Waals surface area (Å²) >= 11 is 2.87. The van der Waals surface area contributed by atoms with Crippen molar-refractivity contribution in [3.05, 3.63) is 34.5 Å². The normalized spacial score (nSPS) is 9.81. The summed E-state index contributed by atoms with van der Waals surface area (Å²) in [7, 11) is 1.27. The SMILES string of the molecule is CC.CC.COC(=O)C(C)C(C)=O.Cc1nc2sccn2c1C(=O)O.Nc1nccs1. The number of esters is 1. The van der Waals surface area contributed by atoms with Gasteiger partial charge in [-0.2, -0.15) is 0 Å². The molecule has 0 saturated heterocycles. The highest BCUT2D eigenvalue weighted by atomic mass is 32.1. The van der Waals surface area contributed by atoms with Crippen molar-refractivity contribution in [3.8, 4) is 0 Å². The van der Waals surface area contributed by atoms with Crippen LogP contribution in [0.3, 0.4) is 0 Å². The van der Waals surface area contributed by atoms with Crippen LogP contribution in [-0.2, 0) is 14.3 Å². The maximum Gasteiger partial charge on any atom is 0.354 e. The van der Waals surface area contributed by atoms with E-state index in [2.05, 4.69) is 14.7 Å². The number of nitrogen functional groups attached to an aromatic ring is 1. The van der Waals surface area contributed by atoms with Crippen LogP contribution in [0.2, 0.25) is 0 Å². The average Bonchev–Trinajstić information content (AvgIpc) is 3.48. The minimum atomic E-state index is -0.932. The molecule has 0 bridgehead atoms. The lowest BCUT2D eigenvalue weighted by molar-refractivity contribution is -0.148. The number of ether oxygens (including phenoxy) is 1. The van der Waals surface area contributed by atoms with Crippen molar-refractivity contribution >= 4 is 50.5 Å². The molecule has 0 amide bonds. The van der Waals surface area contributed by atoms with E-state index in [0.29, 0.717) is 10.8 Å². The molecule has 3 aromatic heterocycles. The summed E-state index contributed by atoms with van der Waals surface area (Å²) in [5, 5.41) is 13.1. The van der Waals surface area contributed by atoms with Gasteiger partial charge in [0.2, 0.25) is 0 Å². The Hall–Kier alpha value is -2.79. The van der Waals surface area contributed by atoms with Gasteiger partial charge in [0.05, 0.1) is 12.8 Å². The predicted molar refractivity (Wildman–Crippen MR) is 126 cm³/mol. The van der Waals surface area contributed by atoms with Gasteiger partial charge in [-0.1, -0.05) is 27.7 Å². The molecule has 1 atom stereocenters. The first-order valence-electron chi connectivity index (χ1n) is 9.57. The number of thiazole rings is 2. The van der Waals surface area contributed by atoms with Crippen molar-refractivity contribution in [2.45, 2.75) is 48.5 Å². The van der Waals surface area contributed by atoms with E-state index in [1.54, 1.807) is 23.7 Å². The Labute approximate surface area is 190 Å². The topological polar surface area (TPSA) is 137 Å². The van der Waals surface area contributed by atoms with Gasteiger partial charge in [-0.25, -0.2) is 14.8 Å². The van der Waals surface area contributed by atoms with E-state index in [-0.39, 0.29) is 11.5 Å². The number of hydrogen-bond donors (Lipinski definition) is 2. The number of aromatic nitrogens is 3. The van der Waals surface area contributed by atoms with Crippen LogP contribution in [0, 0.1) is 12.8 Å². The zero-order chi connectivity index (χ0) is 24.6. The van der Waals surface area contributed by atoms with Crippen molar-refractivity contribution in [2.24, 2.45) is 5.92 Å². The number of ketones is 1. The smallest absolute Gasteiger partial charge is 0.354 e. The highest BCUT2D eigenvalue weighted by Crippen LogP contribution is 2.16. The molecule has 31 heavy (non-hydrogen) atoms. The molecule has 0 fully saturated rings. The first-order valence-corrected chi connectivity index (χ1v) is 11.3. The first-order chi connectivity index (χ1) is 14.7. The van der Waals surface area contributed by atoms with Crippen LogP contribution in [0.1, 0.15) is 57.7 Å². The molecule has 9 nitrogen and oxygen atoms in total. The first kappa shape index (κ1) is 30.4. The molecule has 3 rings (SSSR count). The summed E-state index contributed by atoms with van der Waals surface area (Å²) in [6.07, 6.45) is 3.39. The summed E-state index contributed by atoms with van der Waals surface area (Å²) in [4.78, 5) is 40.2. The zero-order valence-corrected chi connectivity index (χ0v) is 20.8. The monoisotopic (exact) mass is 472 g/mol. The van der Waals surface area contributed by atoms with Crippen molar-refractivity contribution in [2.75, 3.05) is 12.8 Å². The molecule has 0 aliphatic carbocycles. The fourth-order valence-corrected chi connectivity index (χ4v) is 2.87. The molecule has 0 aliphatic rings. The molecule has 174 valence electrons. The molecular formula is C20H32N4O5S2. The average molecular weight is 473 g/mol.